The number of alkyl halides is 3. The molecule has 1 saturated heterocycles. The Labute approximate surface area is 248 Å². The van der Waals surface area contributed by atoms with Gasteiger partial charge < -0.3 is 15.4 Å². The van der Waals surface area contributed by atoms with Gasteiger partial charge in [-0.2, -0.15) is 13.2 Å². The monoisotopic (exact) mass is 617 g/mol. The molecule has 0 saturated carbocycles. The zero-order valence-electron chi connectivity index (χ0n) is 24.0. The standard InChI is InChI=1S/C31H34F3N3O5S/c1-19-5-3-4-6-20(8-7-19)23-12-14-35-25-16-30(37-29(39)27(25)28(23)36-26(38)17-43(2,40)41)13-11-21-15-22(9-10-24(21)30)42-18-31(32,33)34/h5-10,15,23H,3-4,11-14,16-18H2,1-2H3,(H,36,38)(H,37,39)/b8-7-,19-5-,20-6-/t23?,30-/m0/s1. The summed E-state index contributed by atoms with van der Waals surface area (Å²) in [4.78, 5) is 31.8. The summed E-state index contributed by atoms with van der Waals surface area (Å²) < 4.78 is 66.8. The lowest BCUT2D eigenvalue weighted by Crippen LogP contribution is -2.53. The van der Waals surface area contributed by atoms with E-state index in [9.17, 15) is 31.2 Å². The first-order valence-corrected chi connectivity index (χ1v) is 16.2. The maximum absolute atomic E-state index is 14.0. The highest BCUT2D eigenvalue weighted by Crippen LogP contribution is 2.45. The highest BCUT2D eigenvalue weighted by Gasteiger charge is 2.48. The van der Waals surface area contributed by atoms with Crippen molar-refractivity contribution < 1.29 is 35.9 Å². The normalized spacial score (nSPS) is 27.2. The van der Waals surface area contributed by atoms with Crippen LogP contribution in [0.15, 0.2) is 69.9 Å². The number of ether oxygens (including phenoxy) is 1. The summed E-state index contributed by atoms with van der Waals surface area (Å²) in [6.07, 6.45) is 8.14. The molecule has 2 atom stereocenters. The fraction of sp³-hybridized carbons (Fsp3) is 0.452. The first kappa shape index (κ1) is 30.8. The van der Waals surface area contributed by atoms with Crippen LogP contribution in [-0.2, 0) is 31.4 Å². The molecule has 8 nitrogen and oxygen atoms in total. The highest BCUT2D eigenvalue weighted by atomic mass is 32.2. The molecule has 2 aliphatic heterocycles. The Morgan fingerprint density at radius 2 is 1.98 bits per heavy atom. The van der Waals surface area contributed by atoms with Crippen LogP contribution in [0.3, 0.4) is 0 Å². The van der Waals surface area contributed by atoms with Crippen LogP contribution in [0.1, 0.15) is 50.2 Å². The van der Waals surface area contributed by atoms with Crippen LogP contribution in [-0.4, -0.2) is 57.3 Å². The van der Waals surface area contributed by atoms with Crippen molar-refractivity contribution in [2.24, 2.45) is 10.9 Å². The quantitative estimate of drug-likeness (QED) is 0.492. The number of hydrogen-bond donors (Lipinski definition) is 2. The van der Waals surface area contributed by atoms with Crippen molar-refractivity contribution in [1.29, 1.82) is 0 Å². The Balaban J connectivity index is 1.51. The smallest absolute Gasteiger partial charge is 0.422 e. The van der Waals surface area contributed by atoms with Crippen molar-refractivity contribution in [3.05, 3.63) is 76.0 Å². The SMILES string of the molecule is CC1=C/CC/C=C(C2CCN=C3C[C@]4(CCc5cc(OCC(F)(F)F)ccc54)NC(=O)C3=C2NC(=O)CS(C)(=O)=O)/C=C\1. The minimum atomic E-state index is -4.46. The molecular formula is C31H34F3N3O5S. The number of allylic oxidation sites excluding steroid dienone is 6. The number of amides is 2. The van der Waals surface area contributed by atoms with Crippen molar-refractivity contribution in [1.82, 2.24) is 10.6 Å². The third-order valence-electron chi connectivity index (χ3n) is 8.11. The summed E-state index contributed by atoms with van der Waals surface area (Å²) >= 11 is 0. The number of fused-ring (bicyclic) bond motifs is 3. The molecule has 4 aliphatic rings. The summed E-state index contributed by atoms with van der Waals surface area (Å²) in [6.45, 7) is 0.990. The van der Waals surface area contributed by atoms with E-state index in [4.69, 9.17) is 9.73 Å². The van der Waals surface area contributed by atoms with Gasteiger partial charge in [0.25, 0.3) is 5.91 Å². The molecule has 230 valence electrons. The molecule has 0 aromatic heterocycles. The Morgan fingerprint density at radius 3 is 2.72 bits per heavy atom. The average Bonchev–Trinajstić information content (AvgIpc) is 3.11. The van der Waals surface area contributed by atoms with Gasteiger partial charge in [-0.15, -0.1) is 0 Å². The van der Waals surface area contributed by atoms with Gasteiger partial charge in [0.2, 0.25) is 5.91 Å². The number of sulfone groups is 1. The van der Waals surface area contributed by atoms with Gasteiger partial charge in [0.1, 0.15) is 11.5 Å². The van der Waals surface area contributed by atoms with E-state index in [-0.39, 0.29) is 11.3 Å². The van der Waals surface area contributed by atoms with E-state index in [1.807, 2.05) is 19.1 Å². The summed E-state index contributed by atoms with van der Waals surface area (Å²) in [5.74, 6) is -2.19. The van der Waals surface area contributed by atoms with Crippen molar-refractivity contribution in [3.63, 3.8) is 0 Å². The molecule has 0 radical (unpaired) electrons. The molecular weight excluding hydrogens is 583 g/mol. The molecule has 2 heterocycles. The van der Waals surface area contributed by atoms with E-state index < -0.39 is 51.6 Å². The minimum Gasteiger partial charge on any atom is -0.484 e. The predicted molar refractivity (Wildman–Crippen MR) is 156 cm³/mol. The number of benzene rings is 1. The third kappa shape index (κ3) is 7.11. The van der Waals surface area contributed by atoms with E-state index in [1.54, 1.807) is 12.1 Å². The molecule has 1 unspecified atom stereocenters. The number of rotatable bonds is 6. The van der Waals surface area contributed by atoms with Crippen LogP contribution >= 0.6 is 0 Å². The lowest BCUT2D eigenvalue weighted by Gasteiger charge is -2.38. The number of piperidine rings is 1. The number of nitrogens with one attached hydrogen (secondary N) is 2. The van der Waals surface area contributed by atoms with Crippen LogP contribution in [0.5, 0.6) is 5.75 Å². The van der Waals surface area contributed by atoms with Crippen LogP contribution < -0.4 is 15.4 Å². The molecule has 2 amide bonds. The lowest BCUT2D eigenvalue weighted by molar-refractivity contribution is -0.153. The molecule has 1 aromatic rings. The van der Waals surface area contributed by atoms with Gasteiger partial charge in [0.05, 0.1) is 16.8 Å². The molecule has 12 heteroatoms. The minimum absolute atomic E-state index is 0.104. The van der Waals surface area contributed by atoms with Gasteiger partial charge in [-0.1, -0.05) is 35.9 Å². The van der Waals surface area contributed by atoms with Gasteiger partial charge in [-0.05, 0) is 67.9 Å². The molecule has 1 aromatic carbocycles. The number of carbonyl (C=O) groups excluding carboxylic acids is 2. The Morgan fingerprint density at radius 1 is 1.21 bits per heavy atom. The van der Waals surface area contributed by atoms with E-state index in [2.05, 4.69) is 22.8 Å². The Hall–Kier alpha value is -3.67. The van der Waals surface area contributed by atoms with Gasteiger partial charge in [-0.25, -0.2) is 8.42 Å². The predicted octanol–water partition coefficient (Wildman–Crippen LogP) is 4.39. The van der Waals surface area contributed by atoms with Crippen molar-refractivity contribution in [2.45, 2.75) is 57.2 Å². The number of halogens is 3. The second-order valence-corrected chi connectivity index (χ2v) is 13.7. The highest BCUT2D eigenvalue weighted by molar-refractivity contribution is 7.91. The van der Waals surface area contributed by atoms with Crippen LogP contribution in [0, 0.1) is 5.92 Å². The van der Waals surface area contributed by atoms with Gasteiger partial charge in [0.15, 0.2) is 16.4 Å². The van der Waals surface area contributed by atoms with Gasteiger partial charge >= 0.3 is 6.18 Å². The van der Waals surface area contributed by atoms with Gasteiger partial charge in [0, 0.05) is 30.8 Å². The largest absolute Gasteiger partial charge is 0.484 e. The summed E-state index contributed by atoms with van der Waals surface area (Å²) in [7, 11) is -3.63. The Kier molecular flexibility index (Phi) is 8.43. The summed E-state index contributed by atoms with van der Waals surface area (Å²) in [5, 5.41) is 5.93. The Bertz CT molecular complexity index is 1600. The van der Waals surface area contributed by atoms with Crippen molar-refractivity contribution in [2.75, 3.05) is 25.2 Å². The van der Waals surface area contributed by atoms with E-state index >= 15 is 0 Å². The topological polar surface area (TPSA) is 114 Å². The maximum atomic E-state index is 14.0. The second-order valence-electron chi connectivity index (χ2n) is 11.6. The van der Waals surface area contributed by atoms with Crippen molar-refractivity contribution >= 4 is 27.4 Å². The number of carbonyl (C=O) groups is 2. The van der Waals surface area contributed by atoms with E-state index in [1.165, 1.54) is 6.07 Å². The lowest BCUT2D eigenvalue weighted by atomic mass is 9.78. The van der Waals surface area contributed by atoms with Crippen molar-refractivity contribution in [3.8, 4) is 5.75 Å². The first-order valence-electron chi connectivity index (χ1n) is 14.2. The molecule has 1 fully saturated rings. The summed E-state index contributed by atoms with van der Waals surface area (Å²) in [5.41, 5.74) is 3.85. The van der Waals surface area contributed by atoms with Crippen LogP contribution in [0.4, 0.5) is 13.2 Å². The number of nitrogens with zero attached hydrogens (tertiary/aromatic N) is 1. The van der Waals surface area contributed by atoms with Crippen LogP contribution in [0.2, 0.25) is 0 Å². The van der Waals surface area contributed by atoms with Gasteiger partial charge in [-0.3, -0.25) is 14.6 Å². The average molecular weight is 618 g/mol. The van der Waals surface area contributed by atoms with Crippen LogP contribution in [0.25, 0.3) is 0 Å². The molecule has 43 heavy (non-hydrogen) atoms. The summed E-state index contributed by atoms with van der Waals surface area (Å²) in [6, 6.07) is 4.75. The fourth-order valence-corrected chi connectivity index (χ4v) is 6.82. The maximum Gasteiger partial charge on any atom is 0.422 e. The molecule has 5 rings (SSSR count). The molecule has 2 N–H and O–H groups in total. The number of hydrogen-bond acceptors (Lipinski definition) is 6. The van der Waals surface area contributed by atoms with E-state index in [0.717, 1.165) is 41.4 Å². The zero-order valence-corrected chi connectivity index (χ0v) is 24.8. The zero-order chi connectivity index (χ0) is 31.0. The number of aliphatic imine (C=N–C) groups is 1. The molecule has 2 aliphatic carbocycles. The second kappa shape index (κ2) is 11.8. The molecule has 1 spiro atoms. The number of aryl methyl sites for hydroxylation is 1. The fourth-order valence-electron chi connectivity index (χ4n) is 6.27. The van der Waals surface area contributed by atoms with E-state index in [0.29, 0.717) is 43.6 Å². The molecule has 0 bridgehead atoms. The first-order chi connectivity index (χ1) is 20.2. The third-order valence-corrected chi connectivity index (χ3v) is 8.90.